The molecule has 0 N–H and O–H groups in total. The number of thioether (sulfide) groups is 1. The average molecular weight is 716 g/mol. The SMILES string of the molecule is CC12C(=CC=CC1c1cccc(-c3nc(-c4ccccc4)nc(-c4cccc5c4C4(c6ccccc6-5)C5CC6CC(C5)CC4C6)n3)c1)Sc1ccccc12. The summed E-state index contributed by atoms with van der Waals surface area (Å²) in [6.07, 6.45) is 13.7. The molecular weight excluding hydrogens is 675 g/mol. The van der Waals surface area contributed by atoms with Gasteiger partial charge in [-0.3, -0.25) is 0 Å². The normalized spacial score (nSPS) is 29.1. The molecule has 4 heteroatoms. The zero-order chi connectivity index (χ0) is 35.6. The third-order valence-corrected chi connectivity index (χ3v) is 15.7. The van der Waals surface area contributed by atoms with Crippen LogP contribution >= 0.6 is 11.8 Å². The second-order valence-electron chi connectivity index (χ2n) is 16.9. The molecule has 4 fully saturated rings. The van der Waals surface area contributed by atoms with Crippen LogP contribution in [-0.4, -0.2) is 15.0 Å². The Morgan fingerprint density at radius 2 is 1.20 bits per heavy atom. The average Bonchev–Trinajstić information content (AvgIpc) is 3.69. The topological polar surface area (TPSA) is 38.7 Å². The molecule has 1 aromatic heterocycles. The molecule has 6 aliphatic carbocycles. The van der Waals surface area contributed by atoms with E-state index in [4.69, 9.17) is 15.0 Å². The van der Waals surface area contributed by atoms with E-state index < -0.39 is 0 Å². The van der Waals surface area contributed by atoms with Crippen molar-refractivity contribution < 1.29 is 0 Å². The van der Waals surface area contributed by atoms with Gasteiger partial charge >= 0.3 is 0 Å². The molecule has 4 bridgehead atoms. The van der Waals surface area contributed by atoms with Crippen LogP contribution in [0.2, 0.25) is 0 Å². The summed E-state index contributed by atoms with van der Waals surface area (Å²) in [6.45, 7) is 2.42. The summed E-state index contributed by atoms with van der Waals surface area (Å²) in [5, 5.41) is 0. The van der Waals surface area contributed by atoms with Crippen LogP contribution in [0, 0.1) is 23.7 Å². The highest BCUT2D eigenvalue weighted by Crippen LogP contribution is 2.70. The molecule has 0 radical (unpaired) electrons. The summed E-state index contributed by atoms with van der Waals surface area (Å²) < 4.78 is 0. The molecule has 0 amide bonds. The molecule has 2 unspecified atom stereocenters. The van der Waals surface area contributed by atoms with Crippen molar-refractivity contribution >= 4 is 11.8 Å². The molecule has 1 aliphatic heterocycles. The Morgan fingerprint density at radius 1 is 0.574 bits per heavy atom. The van der Waals surface area contributed by atoms with Gasteiger partial charge in [-0.2, -0.15) is 0 Å². The fourth-order valence-corrected chi connectivity index (χ4v) is 13.7. The molecule has 54 heavy (non-hydrogen) atoms. The summed E-state index contributed by atoms with van der Waals surface area (Å²) in [4.78, 5) is 18.9. The number of nitrogens with zero attached hydrogens (tertiary/aromatic N) is 3. The first-order chi connectivity index (χ1) is 26.6. The van der Waals surface area contributed by atoms with Gasteiger partial charge in [-0.05, 0) is 108 Å². The Labute approximate surface area is 321 Å². The Morgan fingerprint density at radius 3 is 2.02 bits per heavy atom. The van der Waals surface area contributed by atoms with Crippen molar-refractivity contribution in [2.45, 2.75) is 60.7 Å². The molecule has 7 aliphatic rings. The van der Waals surface area contributed by atoms with Crippen LogP contribution < -0.4 is 0 Å². The highest BCUT2D eigenvalue weighted by atomic mass is 32.2. The minimum absolute atomic E-state index is 0.0130. The van der Waals surface area contributed by atoms with E-state index in [-0.39, 0.29) is 16.7 Å². The Kier molecular flexibility index (Phi) is 6.65. The molecule has 4 saturated carbocycles. The first-order valence-corrected chi connectivity index (χ1v) is 20.7. The number of hydrogen-bond acceptors (Lipinski definition) is 4. The first-order valence-electron chi connectivity index (χ1n) is 19.9. The lowest BCUT2D eigenvalue weighted by molar-refractivity contribution is -0.0397. The predicted octanol–water partition coefficient (Wildman–Crippen LogP) is 12.2. The van der Waals surface area contributed by atoms with Gasteiger partial charge in [0.25, 0.3) is 0 Å². The summed E-state index contributed by atoms with van der Waals surface area (Å²) in [5.74, 6) is 5.52. The van der Waals surface area contributed by atoms with Crippen molar-refractivity contribution in [2.75, 3.05) is 0 Å². The van der Waals surface area contributed by atoms with Crippen molar-refractivity contribution in [3.63, 3.8) is 0 Å². The van der Waals surface area contributed by atoms with E-state index in [1.54, 1.807) is 5.56 Å². The maximum absolute atomic E-state index is 5.49. The molecule has 2 heterocycles. The van der Waals surface area contributed by atoms with Gasteiger partial charge in [0.1, 0.15) is 0 Å². The number of rotatable bonds is 4. The van der Waals surface area contributed by atoms with Crippen molar-refractivity contribution in [1.29, 1.82) is 0 Å². The summed E-state index contributed by atoms with van der Waals surface area (Å²) >= 11 is 1.92. The summed E-state index contributed by atoms with van der Waals surface area (Å²) in [5.41, 5.74) is 11.6. The van der Waals surface area contributed by atoms with E-state index in [0.717, 1.165) is 40.4 Å². The van der Waals surface area contributed by atoms with E-state index in [9.17, 15) is 0 Å². The van der Waals surface area contributed by atoms with Gasteiger partial charge in [-0.1, -0.05) is 139 Å². The van der Waals surface area contributed by atoms with Crippen LogP contribution in [0.1, 0.15) is 67.2 Å². The van der Waals surface area contributed by atoms with Crippen LogP contribution in [0.15, 0.2) is 149 Å². The molecule has 6 aromatic rings. The van der Waals surface area contributed by atoms with Crippen molar-refractivity contribution in [2.24, 2.45) is 23.7 Å². The number of aromatic nitrogens is 3. The number of allylic oxidation sites excluding steroid dienone is 4. The minimum atomic E-state index is -0.124. The van der Waals surface area contributed by atoms with Crippen LogP contribution in [0.5, 0.6) is 0 Å². The van der Waals surface area contributed by atoms with Gasteiger partial charge in [0.05, 0.1) is 0 Å². The van der Waals surface area contributed by atoms with E-state index in [1.165, 1.54) is 75.3 Å². The standard InChI is InChI=1S/C50H41N3S/c1-49-40(21-11-23-44(49)54-43-22-8-7-20-42(43)49)33-14-9-15-34(29-33)47-51-46(32-12-3-2-4-13-32)52-48(53-47)39-18-10-17-38-37-16-5-6-19-41(37)50(45(38)39)35-25-30-24-31(27-35)28-36(50)26-30/h2-23,29-31,35-36,40H,24-28H2,1H3. The molecule has 0 saturated heterocycles. The summed E-state index contributed by atoms with van der Waals surface area (Å²) in [7, 11) is 0. The second-order valence-corrected chi connectivity index (χ2v) is 18.0. The molecule has 262 valence electrons. The monoisotopic (exact) mass is 715 g/mol. The first kappa shape index (κ1) is 31.3. The molecule has 3 nitrogen and oxygen atoms in total. The zero-order valence-corrected chi connectivity index (χ0v) is 31.3. The highest BCUT2D eigenvalue weighted by Gasteiger charge is 2.62. The number of benzene rings is 5. The van der Waals surface area contributed by atoms with Crippen molar-refractivity contribution in [3.8, 4) is 45.3 Å². The van der Waals surface area contributed by atoms with Crippen LogP contribution in [0.3, 0.4) is 0 Å². The minimum Gasteiger partial charge on any atom is -0.208 e. The lowest BCUT2D eigenvalue weighted by Crippen LogP contribution is -2.55. The quantitative estimate of drug-likeness (QED) is 0.182. The van der Waals surface area contributed by atoms with Gasteiger partial charge < -0.3 is 0 Å². The van der Waals surface area contributed by atoms with E-state index in [0.29, 0.717) is 11.8 Å². The van der Waals surface area contributed by atoms with Crippen LogP contribution in [-0.2, 0) is 10.8 Å². The van der Waals surface area contributed by atoms with Gasteiger partial charge in [-0.25, -0.2) is 15.0 Å². The largest absolute Gasteiger partial charge is 0.208 e. The summed E-state index contributed by atoms with van der Waals surface area (Å²) in [6, 6.07) is 44.7. The van der Waals surface area contributed by atoms with Crippen LogP contribution in [0.25, 0.3) is 45.3 Å². The maximum atomic E-state index is 5.49. The lowest BCUT2D eigenvalue weighted by atomic mass is 9.43. The van der Waals surface area contributed by atoms with Gasteiger partial charge in [-0.15, -0.1) is 0 Å². The molecule has 13 rings (SSSR count). The fraction of sp³-hybridized carbons (Fsp3) is 0.260. The number of hydrogen-bond donors (Lipinski definition) is 0. The third-order valence-electron chi connectivity index (χ3n) is 14.3. The lowest BCUT2D eigenvalue weighted by Gasteiger charge is -2.61. The molecule has 2 atom stereocenters. The van der Waals surface area contributed by atoms with Gasteiger partial charge in [0.2, 0.25) is 0 Å². The smallest absolute Gasteiger partial charge is 0.164 e. The molecule has 5 aromatic carbocycles. The van der Waals surface area contributed by atoms with E-state index >= 15 is 0 Å². The number of fused-ring (bicyclic) bond motifs is 6. The second kappa shape index (κ2) is 11.5. The fourth-order valence-electron chi connectivity index (χ4n) is 12.4. The van der Waals surface area contributed by atoms with Gasteiger partial charge in [0, 0.05) is 43.2 Å². The van der Waals surface area contributed by atoms with Crippen LogP contribution in [0.4, 0.5) is 0 Å². The van der Waals surface area contributed by atoms with Gasteiger partial charge in [0.15, 0.2) is 17.5 Å². The van der Waals surface area contributed by atoms with E-state index in [1.807, 2.05) is 11.8 Å². The van der Waals surface area contributed by atoms with Crippen molar-refractivity contribution in [1.82, 2.24) is 15.0 Å². The third kappa shape index (κ3) is 4.24. The Balaban J connectivity index is 1.04. The predicted molar refractivity (Wildman–Crippen MR) is 219 cm³/mol. The molecule has 1 spiro atoms. The zero-order valence-electron chi connectivity index (χ0n) is 30.5. The van der Waals surface area contributed by atoms with E-state index in [2.05, 4.69) is 146 Å². The molecular formula is C50H41N3S. The maximum Gasteiger partial charge on any atom is 0.164 e. The Hall–Kier alpha value is -5.06. The highest BCUT2D eigenvalue weighted by molar-refractivity contribution is 8.03. The Bertz CT molecular complexity index is 2560. The van der Waals surface area contributed by atoms with Crippen molar-refractivity contribution in [3.05, 3.63) is 167 Å².